The number of nitrogens with one attached hydrogen (secondary N) is 2. The summed E-state index contributed by atoms with van der Waals surface area (Å²) in [5.74, 6) is -0.0557. The quantitative estimate of drug-likeness (QED) is 0.541. The van der Waals surface area contributed by atoms with E-state index in [9.17, 15) is 9.59 Å². The fourth-order valence-corrected chi connectivity index (χ4v) is 2.32. The lowest BCUT2D eigenvalue weighted by atomic mass is 10.2. The van der Waals surface area contributed by atoms with E-state index in [1.165, 1.54) is 26.2 Å². The smallest absolute Gasteiger partial charge is 0.346 e. The molecule has 0 bridgehead atoms. The number of anilines is 2. The van der Waals surface area contributed by atoms with Crippen LogP contribution in [-0.2, 0) is 14.3 Å². The first-order chi connectivity index (χ1) is 14.7. The van der Waals surface area contributed by atoms with Crippen molar-refractivity contribution in [1.29, 1.82) is 0 Å². The van der Waals surface area contributed by atoms with E-state index in [4.69, 9.17) is 9.47 Å². The number of nitrogens with zero attached hydrogens (tertiary/aromatic N) is 3. The van der Waals surface area contributed by atoms with Crippen LogP contribution in [0.4, 0.5) is 11.9 Å². The number of methoxy groups -OCH3 is 1. The largest absolute Gasteiger partial charge is 0.466 e. The molecule has 0 unspecified atom stereocenters. The molecule has 2 N–H and O–H groups in total. The Bertz CT molecular complexity index is 888. The second-order valence-electron chi connectivity index (χ2n) is 7.22. The van der Waals surface area contributed by atoms with Crippen molar-refractivity contribution in [2.75, 3.05) is 17.7 Å². The minimum absolute atomic E-state index is 0.110. The summed E-state index contributed by atoms with van der Waals surface area (Å²) in [6, 6.07) is 6.63. The number of benzene rings is 1. The zero-order valence-electron chi connectivity index (χ0n) is 18.6. The standard InChI is InChI=1S/C21H29N5O5/c1-7-13(4)23-20-24-19(22-12(2)3)25-21(26-20)31-16-10-8-15(9-11-16)18(28)30-14(5)17(27)29-6/h8-14H,7H2,1-6H3,(H2,22,23,24,25,26)/t13-,14-/m0/s1. The van der Waals surface area contributed by atoms with Gasteiger partial charge < -0.3 is 24.8 Å². The lowest BCUT2D eigenvalue weighted by Gasteiger charge is -2.15. The SMILES string of the molecule is CC[C@H](C)Nc1nc(NC(C)C)nc(Oc2ccc(C(=O)O[C@@H](C)C(=O)OC)cc2)n1. The number of hydrogen-bond acceptors (Lipinski definition) is 10. The summed E-state index contributed by atoms with van der Waals surface area (Å²) < 4.78 is 15.4. The van der Waals surface area contributed by atoms with Crippen LogP contribution in [0.1, 0.15) is 51.4 Å². The van der Waals surface area contributed by atoms with Gasteiger partial charge >= 0.3 is 17.9 Å². The molecule has 2 aromatic rings. The molecule has 0 saturated carbocycles. The number of carbonyl (C=O) groups excluding carboxylic acids is 2. The van der Waals surface area contributed by atoms with E-state index in [0.717, 1.165) is 6.42 Å². The van der Waals surface area contributed by atoms with E-state index in [-0.39, 0.29) is 23.7 Å². The van der Waals surface area contributed by atoms with Crippen molar-refractivity contribution in [3.63, 3.8) is 0 Å². The van der Waals surface area contributed by atoms with Gasteiger partial charge in [0, 0.05) is 12.1 Å². The molecule has 10 heteroatoms. The highest BCUT2D eigenvalue weighted by Gasteiger charge is 2.19. The molecule has 1 aromatic heterocycles. The molecule has 31 heavy (non-hydrogen) atoms. The third-order valence-corrected chi connectivity index (χ3v) is 4.14. The molecular weight excluding hydrogens is 402 g/mol. The van der Waals surface area contributed by atoms with E-state index < -0.39 is 18.0 Å². The van der Waals surface area contributed by atoms with E-state index in [0.29, 0.717) is 17.6 Å². The van der Waals surface area contributed by atoms with Crippen LogP contribution >= 0.6 is 0 Å². The maximum atomic E-state index is 12.1. The van der Waals surface area contributed by atoms with E-state index in [1.807, 2.05) is 20.8 Å². The molecule has 0 aliphatic rings. The second-order valence-corrected chi connectivity index (χ2v) is 7.22. The number of aromatic nitrogens is 3. The summed E-state index contributed by atoms with van der Waals surface area (Å²) in [6.07, 6.45) is -0.0944. The highest BCUT2D eigenvalue weighted by Crippen LogP contribution is 2.21. The number of ether oxygens (including phenoxy) is 3. The zero-order chi connectivity index (χ0) is 23.0. The van der Waals surface area contributed by atoms with Crippen LogP contribution in [0.3, 0.4) is 0 Å². The molecule has 168 valence electrons. The van der Waals surface area contributed by atoms with Gasteiger partial charge in [0.2, 0.25) is 11.9 Å². The Morgan fingerprint density at radius 2 is 1.58 bits per heavy atom. The number of rotatable bonds is 10. The average molecular weight is 431 g/mol. The summed E-state index contributed by atoms with van der Waals surface area (Å²) in [7, 11) is 1.23. The summed E-state index contributed by atoms with van der Waals surface area (Å²) >= 11 is 0. The van der Waals surface area contributed by atoms with Gasteiger partial charge in [0.05, 0.1) is 12.7 Å². The van der Waals surface area contributed by atoms with Crippen LogP contribution in [-0.4, -0.2) is 52.2 Å². The summed E-state index contributed by atoms with van der Waals surface area (Å²) in [6.45, 7) is 9.48. The van der Waals surface area contributed by atoms with Gasteiger partial charge in [0.15, 0.2) is 6.10 Å². The fraction of sp³-hybridized carbons (Fsp3) is 0.476. The van der Waals surface area contributed by atoms with Gasteiger partial charge in [-0.2, -0.15) is 15.0 Å². The summed E-state index contributed by atoms with van der Waals surface area (Å²) in [4.78, 5) is 36.5. The van der Waals surface area contributed by atoms with Gasteiger partial charge in [-0.3, -0.25) is 0 Å². The van der Waals surface area contributed by atoms with E-state index >= 15 is 0 Å². The molecule has 0 aliphatic carbocycles. The predicted molar refractivity (Wildman–Crippen MR) is 115 cm³/mol. The Hall–Kier alpha value is -3.43. The monoisotopic (exact) mass is 431 g/mol. The van der Waals surface area contributed by atoms with Gasteiger partial charge in [0.25, 0.3) is 0 Å². The van der Waals surface area contributed by atoms with Gasteiger partial charge in [-0.05, 0) is 58.4 Å². The highest BCUT2D eigenvalue weighted by molar-refractivity contribution is 5.91. The van der Waals surface area contributed by atoms with Gasteiger partial charge in [-0.15, -0.1) is 0 Å². The maximum absolute atomic E-state index is 12.1. The Labute approximate surface area is 181 Å². The molecule has 1 heterocycles. The highest BCUT2D eigenvalue weighted by atomic mass is 16.6. The molecule has 0 radical (unpaired) electrons. The van der Waals surface area contributed by atoms with Gasteiger partial charge in [-0.25, -0.2) is 9.59 Å². The number of esters is 2. The number of hydrogen-bond donors (Lipinski definition) is 2. The van der Waals surface area contributed by atoms with Crippen LogP contribution in [0.2, 0.25) is 0 Å². The van der Waals surface area contributed by atoms with E-state index in [2.05, 4.69) is 37.2 Å². The van der Waals surface area contributed by atoms with Crippen molar-refractivity contribution in [3.05, 3.63) is 29.8 Å². The first kappa shape index (κ1) is 23.8. The van der Waals surface area contributed by atoms with Crippen molar-refractivity contribution in [2.45, 2.75) is 59.2 Å². The first-order valence-electron chi connectivity index (χ1n) is 10.1. The van der Waals surface area contributed by atoms with Crippen molar-refractivity contribution < 1.29 is 23.8 Å². The van der Waals surface area contributed by atoms with Crippen LogP contribution in [0.15, 0.2) is 24.3 Å². The van der Waals surface area contributed by atoms with Crippen molar-refractivity contribution in [2.24, 2.45) is 0 Å². The molecule has 0 saturated heterocycles. The molecule has 2 atom stereocenters. The van der Waals surface area contributed by atoms with Crippen LogP contribution in [0.25, 0.3) is 0 Å². The molecule has 1 aromatic carbocycles. The molecule has 0 aliphatic heterocycles. The molecule has 2 rings (SSSR count). The van der Waals surface area contributed by atoms with Crippen LogP contribution < -0.4 is 15.4 Å². The lowest BCUT2D eigenvalue weighted by Crippen LogP contribution is -2.25. The van der Waals surface area contributed by atoms with Gasteiger partial charge in [-0.1, -0.05) is 6.92 Å². The molecule has 0 amide bonds. The van der Waals surface area contributed by atoms with Crippen molar-refractivity contribution >= 4 is 23.8 Å². The van der Waals surface area contributed by atoms with E-state index in [1.54, 1.807) is 12.1 Å². The lowest BCUT2D eigenvalue weighted by molar-refractivity contribution is -0.149. The van der Waals surface area contributed by atoms with Crippen molar-refractivity contribution in [3.8, 4) is 11.8 Å². The minimum atomic E-state index is -0.998. The zero-order valence-corrected chi connectivity index (χ0v) is 18.6. The Morgan fingerprint density at radius 3 is 2.13 bits per heavy atom. The molecule has 0 fully saturated rings. The van der Waals surface area contributed by atoms with Crippen LogP contribution in [0, 0.1) is 0 Å². The van der Waals surface area contributed by atoms with Gasteiger partial charge in [0.1, 0.15) is 5.75 Å². The summed E-state index contributed by atoms with van der Waals surface area (Å²) in [5.41, 5.74) is 0.264. The first-order valence-corrected chi connectivity index (χ1v) is 10.1. The topological polar surface area (TPSA) is 125 Å². The fourth-order valence-electron chi connectivity index (χ4n) is 2.32. The third-order valence-electron chi connectivity index (χ3n) is 4.14. The molecular formula is C21H29N5O5. The third kappa shape index (κ3) is 7.40. The Morgan fingerprint density at radius 1 is 0.968 bits per heavy atom. The minimum Gasteiger partial charge on any atom is -0.466 e. The Kier molecular flexibility index (Phi) is 8.53. The van der Waals surface area contributed by atoms with Crippen molar-refractivity contribution in [1.82, 2.24) is 15.0 Å². The molecule has 0 spiro atoms. The molecule has 10 nitrogen and oxygen atoms in total. The normalized spacial score (nSPS) is 12.6. The summed E-state index contributed by atoms with van der Waals surface area (Å²) in [5, 5.41) is 6.34. The number of carbonyl (C=O) groups is 2. The van der Waals surface area contributed by atoms with Crippen LogP contribution in [0.5, 0.6) is 11.8 Å². The second kappa shape index (κ2) is 11.1. The average Bonchev–Trinajstić information content (AvgIpc) is 2.72. The maximum Gasteiger partial charge on any atom is 0.346 e. The Balaban J connectivity index is 2.14. The predicted octanol–water partition coefficient (Wildman–Crippen LogP) is 3.41.